The standard InChI is InChI=1S/C34H30N4O12/c1-18-11-27(39)37(32(18)44)22-13-20(14-23(15-22)38-28(40)17-26(47-2)33(38)45)35-31(43)24-12-19-5-6-21(16-25(19)50-34(24)46)36(9-7-29(41)48-3)10-8-30(42)49-4/h5-6,11-17H,7-10H2,1-4H3,(H,35,43). The number of amides is 5. The molecule has 0 radical (unpaired) electrons. The van der Waals surface area contributed by atoms with Gasteiger partial charge in [0.05, 0.1) is 51.6 Å². The predicted octanol–water partition coefficient (Wildman–Crippen LogP) is 2.20. The monoisotopic (exact) mass is 686 g/mol. The van der Waals surface area contributed by atoms with Crippen LogP contribution in [0.1, 0.15) is 30.1 Å². The lowest BCUT2D eigenvalue weighted by molar-refractivity contribution is -0.140. The van der Waals surface area contributed by atoms with E-state index in [2.05, 4.69) is 5.32 Å². The summed E-state index contributed by atoms with van der Waals surface area (Å²) in [5.41, 5.74) is -0.873. The predicted molar refractivity (Wildman–Crippen MR) is 176 cm³/mol. The van der Waals surface area contributed by atoms with Crippen molar-refractivity contribution in [2.24, 2.45) is 0 Å². The van der Waals surface area contributed by atoms with Crippen molar-refractivity contribution in [2.75, 3.05) is 54.4 Å². The van der Waals surface area contributed by atoms with Crippen LogP contribution in [-0.2, 0) is 43.0 Å². The molecule has 1 N–H and O–H groups in total. The van der Waals surface area contributed by atoms with Crippen molar-refractivity contribution in [2.45, 2.75) is 19.8 Å². The number of ether oxygens (including phenoxy) is 3. The molecular formula is C34H30N4O12. The molecule has 50 heavy (non-hydrogen) atoms. The van der Waals surface area contributed by atoms with E-state index in [0.717, 1.165) is 22.0 Å². The number of benzene rings is 2. The van der Waals surface area contributed by atoms with Crippen molar-refractivity contribution in [3.8, 4) is 0 Å². The highest BCUT2D eigenvalue weighted by molar-refractivity contribution is 6.32. The third-order valence-corrected chi connectivity index (χ3v) is 7.84. The van der Waals surface area contributed by atoms with Crippen molar-refractivity contribution >= 4 is 75.2 Å². The highest BCUT2D eigenvalue weighted by Crippen LogP contribution is 2.34. The van der Waals surface area contributed by atoms with Gasteiger partial charge in [-0.15, -0.1) is 0 Å². The fourth-order valence-corrected chi connectivity index (χ4v) is 5.28. The van der Waals surface area contributed by atoms with Gasteiger partial charge >= 0.3 is 23.5 Å². The molecule has 2 aromatic carbocycles. The van der Waals surface area contributed by atoms with Gasteiger partial charge in [-0.1, -0.05) is 0 Å². The molecule has 0 unspecified atom stereocenters. The van der Waals surface area contributed by atoms with Crippen LogP contribution in [0.15, 0.2) is 75.2 Å². The zero-order chi connectivity index (χ0) is 36.3. The number of nitrogens with zero attached hydrogens (tertiary/aromatic N) is 3. The Balaban J connectivity index is 1.46. The van der Waals surface area contributed by atoms with Crippen LogP contribution in [0.5, 0.6) is 0 Å². The number of carbonyl (C=O) groups excluding carboxylic acids is 7. The SMILES string of the molecule is COC(=O)CCN(CCC(=O)OC)c1ccc2cc(C(=O)Nc3cc(N4C(=O)C=C(C)C4=O)cc(N4C(=O)C=C(OC)C4=O)c3)c(=O)oc2c1. The molecule has 1 aromatic heterocycles. The average Bonchev–Trinajstić information content (AvgIpc) is 3.53. The second-order valence-corrected chi connectivity index (χ2v) is 11.0. The quantitative estimate of drug-likeness (QED) is 0.165. The summed E-state index contributed by atoms with van der Waals surface area (Å²) in [5.74, 6) is -5.02. The Morgan fingerprint density at radius 2 is 1.38 bits per heavy atom. The first-order valence-corrected chi connectivity index (χ1v) is 15.0. The van der Waals surface area contributed by atoms with Gasteiger partial charge in [0.1, 0.15) is 11.1 Å². The lowest BCUT2D eigenvalue weighted by Gasteiger charge is -2.24. The number of hydrogen-bond donors (Lipinski definition) is 1. The lowest BCUT2D eigenvalue weighted by atomic mass is 10.1. The first-order valence-electron chi connectivity index (χ1n) is 15.0. The molecule has 5 rings (SSSR count). The Labute approximate surface area is 283 Å². The maximum atomic E-state index is 13.5. The molecule has 258 valence electrons. The molecule has 0 fully saturated rings. The summed E-state index contributed by atoms with van der Waals surface area (Å²) in [6, 6.07) is 9.82. The Morgan fingerprint density at radius 1 is 0.780 bits per heavy atom. The van der Waals surface area contributed by atoms with Crippen LogP contribution in [0.2, 0.25) is 0 Å². The highest BCUT2D eigenvalue weighted by Gasteiger charge is 2.36. The summed E-state index contributed by atoms with van der Waals surface area (Å²) in [7, 11) is 3.72. The minimum Gasteiger partial charge on any atom is -0.491 e. The van der Waals surface area contributed by atoms with E-state index in [1.165, 1.54) is 58.6 Å². The summed E-state index contributed by atoms with van der Waals surface area (Å²) < 4.78 is 19.9. The number of hydrogen-bond acceptors (Lipinski definition) is 13. The molecule has 5 amide bonds. The molecule has 0 aliphatic carbocycles. The smallest absolute Gasteiger partial charge is 0.349 e. The number of fused-ring (bicyclic) bond motifs is 1. The summed E-state index contributed by atoms with van der Waals surface area (Å²) in [4.78, 5) is 104. The number of methoxy groups -OCH3 is 3. The van der Waals surface area contributed by atoms with Crippen molar-refractivity contribution in [3.05, 3.63) is 81.9 Å². The summed E-state index contributed by atoms with van der Waals surface area (Å²) >= 11 is 0. The van der Waals surface area contributed by atoms with Crippen LogP contribution in [0, 0.1) is 0 Å². The van der Waals surface area contributed by atoms with E-state index in [1.807, 2.05) is 0 Å². The van der Waals surface area contributed by atoms with Gasteiger partial charge in [0.25, 0.3) is 23.6 Å². The van der Waals surface area contributed by atoms with Crippen LogP contribution in [0.4, 0.5) is 22.7 Å². The van der Waals surface area contributed by atoms with E-state index in [4.69, 9.17) is 18.6 Å². The maximum Gasteiger partial charge on any atom is 0.349 e. The number of nitrogens with one attached hydrogen (secondary N) is 1. The van der Waals surface area contributed by atoms with Crippen molar-refractivity contribution < 1.29 is 52.2 Å². The summed E-state index contributed by atoms with van der Waals surface area (Å²) in [5, 5.41) is 2.88. The first-order chi connectivity index (χ1) is 23.8. The number of rotatable bonds is 12. The maximum absolute atomic E-state index is 13.5. The van der Waals surface area contributed by atoms with Gasteiger partial charge < -0.3 is 28.8 Å². The van der Waals surface area contributed by atoms with E-state index >= 15 is 0 Å². The molecule has 2 aliphatic rings. The van der Waals surface area contributed by atoms with Crippen LogP contribution in [0.3, 0.4) is 0 Å². The number of anilines is 4. The third-order valence-electron chi connectivity index (χ3n) is 7.84. The van der Waals surface area contributed by atoms with Crippen LogP contribution >= 0.6 is 0 Å². The third kappa shape index (κ3) is 6.99. The molecule has 0 saturated heterocycles. The molecule has 0 spiro atoms. The minimum atomic E-state index is -1.01. The second-order valence-electron chi connectivity index (χ2n) is 11.0. The fourth-order valence-electron chi connectivity index (χ4n) is 5.28. The zero-order valence-corrected chi connectivity index (χ0v) is 27.3. The molecule has 0 atom stereocenters. The number of esters is 2. The molecule has 3 heterocycles. The van der Waals surface area contributed by atoms with Gasteiger partial charge in [-0.25, -0.2) is 14.6 Å². The first kappa shape index (κ1) is 34.7. The van der Waals surface area contributed by atoms with Crippen LogP contribution in [-0.4, -0.2) is 75.9 Å². The molecular weight excluding hydrogens is 656 g/mol. The molecule has 0 bridgehead atoms. The van der Waals surface area contributed by atoms with Gasteiger partial charge in [-0.2, -0.15) is 0 Å². The molecule has 16 heteroatoms. The highest BCUT2D eigenvalue weighted by atomic mass is 16.5. The van der Waals surface area contributed by atoms with E-state index in [1.54, 1.807) is 17.0 Å². The molecule has 3 aromatic rings. The number of imide groups is 2. The van der Waals surface area contributed by atoms with Crippen molar-refractivity contribution in [1.82, 2.24) is 0 Å². The summed E-state index contributed by atoms with van der Waals surface area (Å²) in [6.07, 6.45) is 2.12. The summed E-state index contributed by atoms with van der Waals surface area (Å²) in [6.45, 7) is 1.81. The largest absolute Gasteiger partial charge is 0.491 e. The lowest BCUT2D eigenvalue weighted by Crippen LogP contribution is -2.33. The van der Waals surface area contributed by atoms with Crippen LogP contribution < -0.4 is 25.6 Å². The van der Waals surface area contributed by atoms with Crippen molar-refractivity contribution in [1.29, 1.82) is 0 Å². The van der Waals surface area contributed by atoms with Gasteiger partial charge in [0.15, 0.2) is 5.76 Å². The fraction of sp³-hybridized carbons (Fsp3) is 0.235. The Kier molecular flexibility index (Phi) is 9.91. The van der Waals surface area contributed by atoms with Crippen molar-refractivity contribution in [3.63, 3.8) is 0 Å². The molecule has 0 saturated carbocycles. The van der Waals surface area contributed by atoms with Gasteiger partial charge in [0.2, 0.25) is 0 Å². The van der Waals surface area contributed by atoms with Gasteiger partial charge in [-0.3, -0.25) is 33.6 Å². The molecule has 16 nitrogen and oxygen atoms in total. The van der Waals surface area contributed by atoms with E-state index in [9.17, 15) is 38.4 Å². The number of carbonyl (C=O) groups is 7. The topological polar surface area (TPSA) is 199 Å². The van der Waals surface area contributed by atoms with Crippen LogP contribution in [0.25, 0.3) is 11.0 Å². The minimum absolute atomic E-state index is 0.0159. The molecule has 2 aliphatic heterocycles. The Morgan fingerprint density at radius 3 is 1.92 bits per heavy atom. The van der Waals surface area contributed by atoms with E-state index < -0.39 is 52.7 Å². The Hall–Kier alpha value is -6.58. The van der Waals surface area contributed by atoms with Gasteiger partial charge in [0, 0.05) is 47.6 Å². The normalized spacial score (nSPS) is 14.2. The van der Waals surface area contributed by atoms with Gasteiger partial charge in [-0.05, 0) is 43.3 Å². The van der Waals surface area contributed by atoms with E-state index in [0.29, 0.717) is 11.1 Å². The Bertz CT molecular complexity index is 2080. The average molecular weight is 687 g/mol. The zero-order valence-electron chi connectivity index (χ0n) is 27.3. The van der Waals surface area contributed by atoms with E-state index in [-0.39, 0.29) is 59.9 Å². The second kappa shape index (κ2) is 14.3.